The lowest BCUT2D eigenvalue weighted by Gasteiger charge is -2.12. The summed E-state index contributed by atoms with van der Waals surface area (Å²) in [6.07, 6.45) is 1.73. The van der Waals surface area contributed by atoms with Crippen LogP contribution in [0.4, 0.5) is 10.2 Å². The van der Waals surface area contributed by atoms with Gasteiger partial charge in [0.2, 0.25) is 0 Å². The zero-order valence-corrected chi connectivity index (χ0v) is 15.8. The molecule has 0 bridgehead atoms. The van der Waals surface area contributed by atoms with Crippen LogP contribution in [0.15, 0.2) is 54.7 Å². The fraction of sp³-hybridized carbons (Fsp3) is 0.238. The molecule has 1 heterocycles. The highest BCUT2D eigenvalue weighted by Gasteiger charge is 2.13. The average Bonchev–Trinajstić information content (AvgIpc) is 3.10. The number of nitrogens with zero attached hydrogens (tertiary/aromatic N) is 2. The predicted octanol–water partition coefficient (Wildman–Crippen LogP) is 4.12. The van der Waals surface area contributed by atoms with E-state index in [0.29, 0.717) is 42.6 Å². The van der Waals surface area contributed by atoms with Gasteiger partial charge in [0.15, 0.2) is 17.3 Å². The molecule has 1 N–H and O–H groups in total. The molecule has 1 aromatic heterocycles. The van der Waals surface area contributed by atoms with Gasteiger partial charge in [-0.05, 0) is 49.7 Å². The lowest BCUT2D eigenvalue weighted by atomic mass is 10.2. The molecule has 0 fully saturated rings. The van der Waals surface area contributed by atoms with Crippen LogP contribution in [0.25, 0.3) is 0 Å². The van der Waals surface area contributed by atoms with Crippen LogP contribution in [-0.4, -0.2) is 28.9 Å². The first-order valence-electron chi connectivity index (χ1n) is 9.08. The highest BCUT2D eigenvalue weighted by molar-refractivity contribution is 6.04. The fourth-order valence-electron chi connectivity index (χ4n) is 2.72. The van der Waals surface area contributed by atoms with Crippen LogP contribution in [0.5, 0.6) is 11.5 Å². The fourth-order valence-corrected chi connectivity index (χ4v) is 2.72. The van der Waals surface area contributed by atoms with Crippen LogP contribution in [-0.2, 0) is 6.54 Å². The predicted molar refractivity (Wildman–Crippen MR) is 104 cm³/mol. The van der Waals surface area contributed by atoms with Crippen molar-refractivity contribution < 1.29 is 18.7 Å². The summed E-state index contributed by atoms with van der Waals surface area (Å²) in [5, 5.41) is 7.07. The molecule has 1 amide bonds. The molecule has 0 unspecified atom stereocenters. The molecule has 0 saturated carbocycles. The van der Waals surface area contributed by atoms with Gasteiger partial charge >= 0.3 is 0 Å². The third kappa shape index (κ3) is 4.88. The zero-order valence-electron chi connectivity index (χ0n) is 15.8. The van der Waals surface area contributed by atoms with E-state index in [-0.39, 0.29) is 11.7 Å². The van der Waals surface area contributed by atoms with E-state index in [0.717, 1.165) is 5.56 Å². The molecule has 3 aromatic rings. The van der Waals surface area contributed by atoms with Crippen LogP contribution < -0.4 is 14.8 Å². The second kappa shape index (κ2) is 9.03. The smallest absolute Gasteiger partial charge is 0.257 e. The summed E-state index contributed by atoms with van der Waals surface area (Å²) in [6.45, 7) is 5.14. The van der Waals surface area contributed by atoms with E-state index >= 15 is 0 Å². The molecule has 0 saturated heterocycles. The standard InChI is InChI=1S/C21H22FN3O3/c1-3-27-18-9-8-16(13-19(18)28-4-2)21(26)23-20-10-11-25(24-20)14-15-6-5-7-17(22)12-15/h5-13H,3-4,14H2,1-2H3,(H,23,24,26). The van der Waals surface area contributed by atoms with E-state index in [2.05, 4.69) is 10.4 Å². The second-order valence-corrected chi connectivity index (χ2v) is 6.01. The first kappa shape index (κ1) is 19.4. The summed E-state index contributed by atoms with van der Waals surface area (Å²) in [5.74, 6) is 0.931. The van der Waals surface area contributed by atoms with Gasteiger partial charge in [0, 0.05) is 17.8 Å². The number of amides is 1. The zero-order chi connectivity index (χ0) is 19.9. The molecule has 0 atom stereocenters. The lowest BCUT2D eigenvalue weighted by molar-refractivity contribution is 0.102. The van der Waals surface area contributed by atoms with E-state index in [1.807, 2.05) is 19.9 Å². The van der Waals surface area contributed by atoms with Crippen molar-refractivity contribution in [3.63, 3.8) is 0 Å². The number of rotatable bonds is 8. The number of anilines is 1. The molecule has 3 rings (SSSR count). The Morgan fingerprint density at radius 3 is 2.61 bits per heavy atom. The van der Waals surface area contributed by atoms with Gasteiger partial charge in [0.1, 0.15) is 5.82 Å². The van der Waals surface area contributed by atoms with Crippen LogP contribution in [0.3, 0.4) is 0 Å². The molecular formula is C21H22FN3O3. The van der Waals surface area contributed by atoms with Crippen molar-refractivity contribution in [1.29, 1.82) is 0 Å². The van der Waals surface area contributed by atoms with Crippen molar-refractivity contribution in [3.8, 4) is 11.5 Å². The molecular weight excluding hydrogens is 361 g/mol. The van der Waals surface area contributed by atoms with E-state index < -0.39 is 0 Å². The number of benzene rings is 2. The molecule has 0 aliphatic carbocycles. The Kier molecular flexibility index (Phi) is 6.26. The maximum absolute atomic E-state index is 13.3. The van der Waals surface area contributed by atoms with Gasteiger partial charge in [-0.15, -0.1) is 0 Å². The van der Waals surface area contributed by atoms with Crippen molar-refractivity contribution >= 4 is 11.7 Å². The Labute approximate surface area is 162 Å². The van der Waals surface area contributed by atoms with Gasteiger partial charge in [0.05, 0.1) is 19.8 Å². The summed E-state index contributed by atoms with van der Waals surface area (Å²) < 4.78 is 26.0. The molecule has 2 aromatic carbocycles. The molecule has 0 aliphatic rings. The maximum Gasteiger partial charge on any atom is 0.257 e. The number of carbonyl (C=O) groups excluding carboxylic acids is 1. The van der Waals surface area contributed by atoms with E-state index in [4.69, 9.17) is 9.47 Å². The van der Waals surface area contributed by atoms with Gasteiger partial charge in [-0.3, -0.25) is 9.48 Å². The van der Waals surface area contributed by atoms with Gasteiger partial charge in [-0.2, -0.15) is 5.10 Å². The number of halogens is 1. The average molecular weight is 383 g/mol. The van der Waals surface area contributed by atoms with Crippen molar-refractivity contribution in [2.45, 2.75) is 20.4 Å². The molecule has 0 aliphatic heterocycles. The monoisotopic (exact) mass is 383 g/mol. The summed E-state index contributed by atoms with van der Waals surface area (Å²) in [6, 6.07) is 13.0. The third-order valence-electron chi connectivity index (χ3n) is 3.92. The minimum absolute atomic E-state index is 0.293. The molecule has 0 radical (unpaired) electrons. The Balaban J connectivity index is 1.69. The Morgan fingerprint density at radius 1 is 1.07 bits per heavy atom. The number of ether oxygens (including phenoxy) is 2. The van der Waals surface area contributed by atoms with Gasteiger partial charge in [-0.1, -0.05) is 12.1 Å². The minimum Gasteiger partial charge on any atom is -0.490 e. The van der Waals surface area contributed by atoms with Crippen LogP contribution >= 0.6 is 0 Å². The van der Waals surface area contributed by atoms with Crippen molar-refractivity contribution in [3.05, 3.63) is 71.7 Å². The number of aromatic nitrogens is 2. The lowest BCUT2D eigenvalue weighted by Crippen LogP contribution is -2.13. The third-order valence-corrected chi connectivity index (χ3v) is 3.92. The number of hydrogen-bond donors (Lipinski definition) is 1. The SMILES string of the molecule is CCOc1ccc(C(=O)Nc2ccn(Cc3cccc(F)c3)n2)cc1OCC. The van der Waals surface area contributed by atoms with Gasteiger partial charge in [-0.25, -0.2) is 4.39 Å². The van der Waals surface area contributed by atoms with Gasteiger partial charge < -0.3 is 14.8 Å². The van der Waals surface area contributed by atoms with Gasteiger partial charge in [0.25, 0.3) is 5.91 Å². The first-order valence-corrected chi connectivity index (χ1v) is 9.08. The summed E-state index contributed by atoms with van der Waals surface area (Å²) in [5.41, 5.74) is 1.22. The van der Waals surface area contributed by atoms with E-state index in [1.54, 1.807) is 41.2 Å². The van der Waals surface area contributed by atoms with Crippen molar-refractivity contribution in [1.82, 2.24) is 9.78 Å². The quantitative estimate of drug-likeness (QED) is 0.635. The number of carbonyl (C=O) groups is 1. The first-order chi connectivity index (χ1) is 13.6. The maximum atomic E-state index is 13.3. The molecule has 6 nitrogen and oxygen atoms in total. The normalized spacial score (nSPS) is 10.5. The topological polar surface area (TPSA) is 65.4 Å². The molecule has 146 valence electrons. The van der Waals surface area contributed by atoms with E-state index in [1.165, 1.54) is 12.1 Å². The second-order valence-electron chi connectivity index (χ2n) is 6.01. The van der Waals surface area contributed by atoms with Crippen molar-refractivity contribution in [2.75, 3.05) is 18.5 Å². The highest BCUT2D eigenvalue weighted by atomic mass is 19.1. The molecule has 7 heteroatoms. The Morgan fingerprint density at radius 2 is 1.86 bits per heavy atom. The van der Waals surface area contributed by atoms with Crippen LogP contribution in [0.1, 0.15) is 29.8 Å². The van der Waals surface area contributed by atoms with E-state index in [9.17, 15) is 9.18 Å². The molecule has 28 heavy (non-hydrogen) atoms. The Bertz CT molecular complexity index is 956. The highest BCUT2D eigenvalue weighted by Crippen LogP contribution is 2.28. The Hall–Kier alpha value is -3.35. The minimum atomic E-state index is -0.306. The van der Waals surface area contributed by atoms with Crippen LogP contribution in [0, 0.1) is 5.82 Å². The van der Waals surface area contributed by atoms with Crippen molar-refractivity contribution in [2.24, 2.45) is 0 Å². The largest absolute Gasteiger partial charge is 0.490 e. The number of hydrogen-bond acceptors (Lipinski definition) is 4. The summed E-state index contributed by atoms with van der Waals surface area (Å²) in [7, 11) is 0. The summed E-state index contributed by atoms with van der Waals surface area (Å²) >= 11 is 0. The van der Waals surface area contributed by atoms with Crippen LogP contribution in [0.2, 0.25) is 0 Å². The number of nitrogens with one attached hydrogen (secondary N) is 1. The summed E-state index contributed by atoms with van der Waals surface area (Å²) in [4.78, 5) is 12.5. The molecule has 0 spiro atoms.